The smallest absolute Gasteiger partial charge is 0.277 e. The minimum atomic E-state index is -0.413. The number of aromatic amines is 1. The lowest BCUT2D eigenvalue weighted by Crippen LogP contribution is -2.09. The standard InChI is InChI=1S/C17H13BrClN3O2S/c1-9(25-12-5-3-11(19)4-6-12)16(23)22-21-15-13-8-10(18)2-7-14(13)20-17(15)24/h2-9,20,24H,1H3/t9-/m1/s1. The number of thioether (sulfide) groups is 1. The molecule has 5 nitrogen and oxygen atoms in total. The van der Waals surface area contributed by atoms with Crippen LogP contribution in [-0.4, -0.2) is 21.2 Å². The van der Waals surface area contributed by atoms with E-state index in [0.717, 1.165) is 9.37 Å². The Morgan fingerprint density at radius 1 is 1.28 bits per heavy atom. The first kappa shape index (κ1) is 18.0. The molecule has 0 unspecified atom stereocenters. The lowest BCUT2D eigenvalue weighted by molar-refractivity contribution is -0.117. The monoisotopic (exact) mass is 437 g/mol. The first-order valence-electron chi connectivity index (χ1n) is 7.32. The van der Waals surface area contributed by atoms with Crippen molar-refractivity contribution in [2.75, 3.05) is 0 Å². The van der Waals surface area contributed by atoms with Crippen LogP contribution in [0.15, 0.2) is 62.1 Å². The van der Waals surface area contributed by atoms with Crippen LogP contribution in [0.25, 0.3) is 10.9 Å². The van der Waals surface area contributed by atoms with E-state index in [9.17, 15) is 9.90 Å². The fourth-order valence-electron chi connectivity index (χ4n) is 2.19. The van der Waals surface area contributed by atoms with Gasteiger partial charge in [-0.05, 0) is 49.4 Å². The molecule has 2 N–H and O–H groups in total. The summed E-state index contributed by atoms with van der Waals surface area (Å²) in [5.74, 6) is -0.508. The molecule has 2 aromatic carbocycles. The van der Waals surface area contributed by atoms with Crippen molar-refractivity contribution in [1.29, 1.82) is 0 Å². The molecule has 1 heterocycles. The van der Waals surface area contributed by atoms with E-state index in [2.05, 4.69) is 31.1 Å². The Morgan fingerprint density at radius 2 is 2.00 bits per heavy atom. The second-order valence-electron chi connectivity index (χ2n) is 5.26. The molecule has 0 fully saturated rings. The molecule has 0 aliphatic rings. The third-order valence-electron chi connectivity index (χ3n) is 3.44. The number of aromatic nitrogens is 1. The molecular formula is C17H13BrClN3O2S. The van der Waals surface area contributed by atoms with Gasteiger partial charge in [-0.3, -0.25) is 4.79 Å². The van der Waals surface area contributed by atoms with Gasteiger partial charge in [0, 0.05) is 19.8 Å². The summed E-state index contributed by atoms with van der Waals surface area (Å²) in [7, 11) is 0. The summed E-state index contributed by atoms with van der Waals surface area (Å²) in [5.41, 5.74) is 0.957. The van der Waals surface area contributed by atoms with Gasteiger partial charge in [-0.25, -0.2) is 0 Å². The number of aromatic hydroxyl groups is 1. The lowest BCUT2D eigenvalue weighted by atomic mass is 10.2. The van der Waals surface area contributed by atoms with Crippen LogP contribution in [0, 0.1) is 0 Å². The van der Waals surface area contributed by atoms with Crippen LogP contribution in [0.5, 0.6) is 5.88 Å². The molecular weight excluding hydrogens is 426 g/mol. The molecule has 1 atom stereocenters. The fraction of sp³-hybridized carbons (Fsp3) is 0.118. The Morgan fingerprint density at radius 3 is 2.72 bits per heavy atom. The van der Waals surface area contributed by atoms with E-state index in [-0.39, 0.29) is 17.5 Å². The molecule has 8 heteroatoms. The molecule has 0 spiro atoms. The lowest BCUT2D eigenvalue weighted by Gasteiger charge is -2.06. The molecule has 3 aromatic rings. The van der Waals surface area contributed by atoms with Gasteiger partial charge in [0.15, 0.2) is 5.69 Å². The first-order valence-corrected chi connectivity index (χ1v) is 9.37. The van der Waals surface area contributed by atoms with Crippen molar-refractivity contribution in [2.24, 2.45) is 10.2 Å². The van der Waals surface area contributed by atoms with E-state index in [4.69, 9.17) is 11.6 Å². The van der Waals surface area contributed by atoms with E-state index in [1.54, 1.807) is 31.2 Å². The minimum absolute atomic E-state index is 0.123. The zero-order chi connectivity index (χ0) is 18.0. The molecule has 0 saturated carbocycles. The van der Waals surface area contributed by atoms with Crippen molar-refractivity contribution < 1.29 is 9.90 Å². The minimum Gasteiger partial charge on any atom is -0.493 e. The predicted octanol–water partition coefficient (Wildman–Crippen LogP) is 6.08. The number of hydrogen-bond acceptors (Lipinski definition) is 4. The SMILES string of the molecule is C[C@@H](Sc1ccc(Cl)cc1)C(=O)N=Nc1c(O)[nH]c2ccc(Br)cc12. The summed E-state index contributed by atoms with van der Waals surface area (Å²) in [5, 5.41) is 18.6. The number of H-pyrrole nitrogens is 1. The Balaban J connectivity index is 1.77. The first-order chi connectivity index (χ1) is 11.9. The molecule has 128 valence electrons. The second-order valence-corrected chi connectivity index (χ2v) is 8.03. The van der Waals surface area contributed by atoms with Crippen LogP contribution in [0.2, 0.25) is 5.02 Å². The third kappa shape index (κ3) is 4.23. The number of rotatable bonds is 4. The highest BCUT2D eigenvalue weighted by molar-refractivity contribution is 9.10. The molecule has 3 rings (SSSR count). The molecule has 0 radical (unpaired) electrons. The largest absolute Gasteiger partial charge is 0.493 e. The summed E-state index contributed by atoms with van der Waals surface area (Å²) in [6.07, 6.45) is 0. The van der Waals surface area contributed by atoms with Crippen LogP contribution < -0.4 is 0 Å². The topological polar surface area (TPSA) is 77.8 Å². The van der Waals surface area contributed by atoms with Gasteiger partial charge in [0.25, 0.3) is 5.91 Å². The predicted molar refractivity (Wildman–Crippen MR) is 104 cm³/mol. The highest BCUT2D eigenvalue weighted by Gasteiger charge is 2.16. The Labute approximate surface area is 161 Å². The number of hydrogen-bond donors (Lipinski definition) is 2. The molecule has 0 aliphatic carbocycles. The van der Waals surface area contributed by atoms with E-state index < -0.39 is 5.25 Å². The van der Waals surface area contributed by atoms with Gasteiger partial charge < -0.3 is 10.1 Å². The van der Waals surface area contributed by atoms with Gasteiger partial charge in [0.2, 0.25) is 5.88 Å². The number of azo groups is 1. The van der Waals surface area contributed by atoms with Crippen LogP contribution in [-0.2, 0) is 4.79 Å². The fourth-order valence-corrected chi connectivity index (χ4v) is 3.52. The summed E-state index contributed by atoms with van der Waals surface area (Å²) in [4.78, 5) is 15.9. The summed E-state index contributed by atoms with van der Waals surface area (Å²) in [6, 6.07) is 12.7. The van der Waals surface area contributed by atoms with Gasteiger partial charge >= 0.3 is 0 Å². The van der Waals surface area contributed by atoms with Gasteiger partial charge in [-0.1, -0.05) is 27.5 Å². The normalized spacial score (nSPS) is 12.8. The number of nitrogens with zero attached hydrogens (tertiary/aromatic N) is 2. The molecule has 0 saturated heterocycles. The molecule has 25 heavy (non-hydrogen) atoms. The Bertz CT molecular complexity index is 956. The number of amides is 1. The average molecular weight is 439 g/mol. The summed E-state index contributed by atoms with van der Waals surface area (Å²) < 4.78 is 0.841. The average Bonchev–Trinajstić information content (AvgIpc) is 2.89. The number of halogens is 2. The van der Waals surface area contributed by atoms with Crippen molar-refractivity contribution in [1.82, 2.24) is 4.98 Å². The van der Waals surface area contributed by atoms with Crippen molar-refractivity contribution >= 4 is 61.8 Å². The van der Waals surface area contributed by atoms with E-state index in [0.29, 0.717) is 15.9 Å². The second kappa shape index (κ2) is 7.59. The van der Waals surface area contributed by atoms with Crippen molar-refractivity contribution in [3.63, 3.8) is 0 Å². The maximum atomic E-state index is 12.2. The highest BCUT2D eigenvalue weighted by Crippen LogP contribution is 2.37. The van der Waals surface area contributed by atoms with Gasteiger partial charge in [0.1, 0.15) is 0 Å². The number of fused-ring (bicyclic) bond motifs is 1. The maximum Gasteiger partial charge on any atom is 0.277 e. The van der Waals surface area contributed by atoms with Crippen LogP contribution >= 0.6 is 39.3 Å². The maximum absolute atomic E-state index is 12.2. The highest BCUT2D eigenvalue weighted by atomic mass is 79.9. The molecule has 1 amide bonds. The van der Waals surface area contributed by atoms with E-state index >= 15 is 0 Å². The van der Waals surface area contributed by atoms with Crippen LogP contribution in [0.4, 0.5) is 5.69 Å². The van der Waals surface area contributed by atoms with E-state index in [1.165, 1.54) is 11.8 Å². The van der Waals surface area contributed by atoms with Gasteiger partial charge in [0.05, 0.1) is 10.8 Å². The van der Waals surface area contributed by atoms with Crippen LogP contribution in [0.3, 0.4) is 0 Å². The summed E-state index contributed by atoms with van der Waals surface area (Å²) >= 11 is 10.6. The molecule has 1 aromatic heterocycles. The third-order valence-corrected chi connectivity index (χ3v) is 5.28. The van der Waals surface area contributed by atoms with Crippen molar-refractivity contribution in [3.8, 4) is 5.88 Å². The number of carbonyl (C=O) groups is 1. The molecule has 0 aliphatic heterocycles. The molecule has 0 bridgehead atoms. The van der Waals surface area contributed by atoms with Gasteiger partial charge in [-0.2, -0.15) is 0 Å². The number of carbonyl (C=O) groups excluding carboxylic acids is 1. The number of benzene rings is 2. The zero-order valence-corrected chi connectivity index (χ0v) is 16.2. The zero-order valence-electron chi connectivity index (χ0n) is 13.0. The van der Waals surface area contributed by atoms with Crippen LogP contribution in [0.1, 0.15) is 6.92 Å². The quantitative estimate of drug-likeness (QED) is 0.383. The van der Waals surface area contributed by atoms with E-state index in [1.807, 2.05) is 18.2 Å². The van der Waals surface area contributed by atoms with Crippen molar-refractivity contribution in [3.05, 3.63) is 52.0 Å². The Hall–Kier alpha value is -1.83. The van der Waals surface area contributed by atoms with Crippen molar-refractivity contribution in [2.45, 2.75) is 17.1 Å². The van der Waals surface area contributed by atoms with Gasteiger partial charge in [-0.15, -0.1) is 22.0 Å². The Kier molecular flexibility index (Phi) is 5.46. The summed E-state index contributed by atoms with van der Waals surface area (Å²) in [6.45, 7) is 1.76. The number of nitrogens with one attached hydrogen (secondary N) is 1.